The Bertz CT molecular complexity index is 495. The summed E-state index contributed by atoms with van der Waals surface area (Å²) in [6, 6.07) is -0.391. The standard InChI is InChI=1S/C18H31.C7H14NO3.Co/c1-6-7-8-12-17(4)14-10-15-18(5)13-9-11-16(2)3;1-5(2)6(8-4-9)7(10)11-3;/h6,11-12,15H,7-10,13-14H2,1-5H3;5-7,10H,1-3H3,(H,8,9);/q2*-1;+2/b17-12+,18-15+;;. The number of unbranched alkanes of at least 4 members (excludes halogenated alkanes) is 2. The van der Waals surface area contributed by atoms with Crippen LogP contribution in [-0.4, -0.2) is 31.0 Å². The van der Waals surface area contributed by atoms with Gasteiger partial charge in [0.2, 0.25) is 0 Å². The SMILES string of the molecule is COC(O)C(N[C-]=O)C(C)C.C[CH-]CC/C=C(\C)CC/C=C(\C)CCC=C(C)C.[Co+2]. The Balaban J connectivity index is -0.000000525. The number of ether oxygens (including phenoxy) is 1. The van der Waals surface area contributed by atoms with Gasteiger partial charge in [-0.1, -0.05) is 55.2 Å². The molecule has 0 aliphatic carbocycles. The van der Waals surface area contributed by atoms with Gasteiger partial charge in [-0.15, -0.1) is 0 Å². The molecule has 2 N–H and O–H groups in total. The summed E-state index contributed by atoms with van der Waals surface area (Å²) >= 11 is 0. The van der Waals surface area contributed by atoms with Crippen molar-refractivity contribution in [3.05, 3.63) is 41.4 Å². The number of hydrogen-bond acceptors (Lipinski definition) is 3. The average molecular weight is 467 g/mol. The Labute approximate surface area is 196 Å². The van der Waals surface area contributed by atoms with Crippen LogP contribution in [0.4, 0.5) is 0 Å². The molecule has 1 amide bonds. The maximum Gasteiger partial charge on any atom is 2.00 e. The van der Waals surface area contributed by atoms with Crippen molar-refractivity contribution in [2.45, 2.75) is 99.3 Å². The van der Waals surface area contributed by atoms with Crippen LogP contribution in [0.25, 0.3) is 0 Å². The Morgan fingerprint density at radius 3 is 1.93 bits per heavy atom. The van der Waals surface area contributed by atoms with Crippen LogP contribution in [0.1, 0.15) is 87.0 Å². The predicted octanol–water partition coefficient (Wildman–Crippen LogP) is 6.04. The zero-order valence-corrected chi connectivity index (χ0v) is 21.4. The number of aliphatic hydroxyl groups is 1. The van der Waals surface area contributed by atoms with Gasteiger partial charge in [-0.25, -0.2) is 0 Å². The summed E-state index contributed by atoms with van der Waals surface area (Å²) in [6.45, 7) is 14.7. The van der Waals surface area contributed by atoms with Crippen molar-refractivity contribution in [2.75, 3.05) is 7.11 Å². The van der Waals surface area contributed by atoms with Crippen molar-refractivity contribution in [1.82, 2.24) is 5.32 Å². The van der Waals surface area contributed by atoms with E-state index in [1.165, 1.54) is 68.8 Å². The van der Waals surface area contributed by atoms with Gasteiger partial charge in [-0.05, 0) is 59.3 Å². The minimum atomic E-state index is -0.962. The van der Waals surface area contributed by atoms with E-state index in [4.69, 9.17) is 5.11 Å². The third-order valence-electron chi connectivity index (χ3n) is 4.56. The molecule has 5 heteroatoms. The molecule has 0 saturated carbocycles. The van der Waals surface area contributed by atoms with Gasteiger partial charge in [0.15, 0.2) is 6.29 Å². The largest absolute Gasteiger partial charge is 2.00 e. The molecule has 1 radical (unpaired) electrons. The zero-order valence-electron chi connectivity index (χ0n) is 20.4. The van der Waals surface area contributed by atoms with Crippen molar-refractivity contribution < 1.29 is 31.4 Å². The second-order valence-corrected chi connectivity index (χ2v) is 8.09. The van der Waals surface area contributed by atoms with E-state index in [2.05, 4.69) is 69.3 Å². The average Bonchev–Trinajstić information content (AvgIpc) is 2.65. The number of hydrogen-bond donors (Lipinski definition) is 2. The molecule has 0 bridgehead atoms. The van der Waals surface area contributed by atoms with Crippen molar-refractivity contribution in [1.29, 1.82) is 0 Å². The molecular formula is C25H45CoNO3. The van der Waals surface area contributed by atoms with E-state index in [9.17, 15) is 4.79 Å². The first kappa shape index (κ1) is 33.7. The van der Waals surface area contributed by atoms with E-state index in [1.54, 1.807) is 0 Å². The Morgan fingerprint density at radius 1 is 1.03 bits per heavy atom. The van der Waals surface area contributed by atoms with Crippen molar-refractivity contribution >= 4 is 6.41 Å². The van der Waals surface area contributed by atoms with Crippen LogP contribution in [0, 0.1) is 12.3 Å². The first-order chi connectivity index (χ1) is 13.7. The Kier molecular flexibility index (Phi) is 25.6. The fourth-order valence-corrected chi connectivity index (χ4v) is 2.62. The van der Waals surface area contributed by atoms with Gasteiger partial charge in [0, 0.05) is 7.11 Å². The third-order valence-corrected chi connectivity index (χ3v) is 4.56. The number of rotatable bonds is 14. The van der Waals surface area contributed by atoms with Crippen LogP contribution in [-0.2, 0) is 26.3 Å². The summed E-state index contributed by atoms with van der Waals surface area (Å²) in [5, 5.41) is 11.5. The number of nitrogens with one attached hydrogen (secondary N) is 1. The molecule has 30 heavy (non-hydrogen) atoms. The predicted molar refractivity (Wildman–Crippen MR) is 125 cm³/mol. The number of methoxy groups -OCH3 is 1. The molecule has 0 heterocycles. The molecule has 2 unspecified atom stereocenters. The molecule has 0 aromatic rings. The third kappa shape index (κ3) is 21.8. The van der Waals surface area contributed by atoms with Gasteiger partial charge < -0.3 is 26.4 Å². The molecule has 0 saturated heterocycles. The molecule has 2 atom stereocenters. The van der Waals surface area contributed by atoms with Crippen molar-refractivity contribution in [2.24, 2.45) is 5.92 Å². The molecule has 0 aliphatic heterocycles. The van der Waals surface area contributed by atoms with Crippen LogP contribution >= 0.6 is 0 Å². The molecule has 177 valence electrons. The summed E-state index contributed by atoms with van der Waals surface area (Å²) < 4.78 is 4.64. The molecular weight excluding hydrogens is 421 g/mol. The quantitative estimate of drug-likeness (QED) is 0.108. The molecule has 0 aliphatic rings. The summed E-state index contributed by atoms with van der Waals surface area (Å²) in [7, 11) is 1.38. The summed E-state index contributed by atoms with van der Waals surface area (Å²) in [5.74, 6) is 0.117. The molecule has 4 nitrogen and oxygen atoms in total. The van der Waals surface area contributed by atoms with E-state index >= 15 is 0 Å². The van der Waals surface area contributed by atoms with E-state index in [0.29, 0.717) is 0 Å². The Morgan fingerprint density at radius 2 is 1.53 bits per heavy atom. The van der Waals surface area contributed by atoms with Gasteiger partial charge in [0.1, 0.15) is 0 Å². The van der Waals surface area contributed by atoms with Crippen LogP contribution in [0.2, 0.25) is 0 Å². The summed E-state index contributed by atoms with van der Waals surface area (Å²) in [5.41, 5.74) is 4.49. The van der Waals surface area contributed by atoms with Gasteiger partial charge >= 0.3 is 16.8 Å². The fourth-order valence-electron chi connectivity index (χ4n) is 2.62. The first-order valence-electron chi connectivity index (χ1n) is 10.7. The molecule has 0 aromatic carbocycles. The summed E-state index contributed by atoms with van der Waals surface area (Å²) in [6.07, 6.45) is 17.1. The number of amides is 1. The smallest absolute Gasteiger partial charge is 0.523 e. The molecule has 0 fully saturated rings. The fraction of sp³-hybridized carbons (Fsp3) is 0.680. The van der Waals surface area contributed by atoms with Gasteiger partial charge in [0.05, 0.1) is 6.04 Å². The van der Waals surface area contributed by atoms with Gasteiger partial charge in [0.25, 0.3) is 0 Å². The molecule has 0 aromatic heterocycles. The topological polar surface area (TPSA) is 58.6 Å². The van der Waals surface area contributed by atoms with Crippen LogP contribution in [0.15, 0.2) is 34.9 Å². The van der Waals surface area contributed by atoms with E-state index in [0.717, 1.165) is 0 Å². The number of allylic oxidation sites excluding steroid dienone is 6. The maximum atomic E-state index is 9.94. The van der Waals surface area contributed by atoms with Crippen LogP contribution < -0.4 is 5.32 Å². The zero-order chi connectivity index (χ0) is 22.7. The second kappa shape index (κ2) is 22.8. The minimum Gasteiger partial charge on any atom is -0.523 e. The van der Waals surface area contributed by atoms with Gasteiger partial charge in [-0.2, -0.15) is 19.8 Å². The Hall–Kier alpha value is -0.884. The minimum absolute atomic E-state index is 0. The van der Waals surface area contributed by atoms with E-state index in [1.807, 2.05) is 13.8 Å². The van der Waals surface area contributed by atoms with E-state index < -0.39 is 12.3 Å². The van der Waals surface area contributed by atoms with Crippen molar-refractivity contribution in [3.8, 4) is 0 Å². The van der Waals surface area contributed by atoms with Crippen LogP contribution in [0.5, 0.6) is 0 Å². The monoisotopic (exact) mass is 466 g/mol. The van der Waals surface area contributed by atoms with Crippen molar-refractivity contribution in [3.63, 3.8) is 0 Å². The molecule has 0 rings (SSSR count). The second-order valence-electron chi connectivity index (χ2n) is 8.09. The van der Waals surface area contributed by atoms with E-state index in [-0.39, 0.29) is 22.7 Å². The maximum absolute atomic E-state index is 9.94. The summed E-state index contributed by atoms with van der Waals surface area (Å²) in [4.78, 5) is 9.94. The number of carbonyl (C=O) groups excluding carboxylic acids is 1. The number of aliphatic hydroxyl groups excluding tert-OH is 1. The molecule has 0 spiro atoms. The van der Waals surface area contributed by atoms with Crippen LogP contribution in [0.3, 0.4) is 0 Å². The normalized spacial score (nSPS) is 13.5. The van der Waals surface area contributed by atoms with Gasteiger partial charge in [-0.3, -0.25) is 0 Å². The first-order valence-corrected chi connectivity index (χ1v) is 10.7.